The second-order valence-corrected chi connectivity index (χ2v) is 5.68. The average Bonchev–Trinajstić information content (AvgIpc) is 2.97. The summed E-state index contributed by atoms with van der Waals surface area (Å²) >= 11 is 6.37. The zero-order valence-corrected chi connectivity index (χ0v) is 13.1. The molecule has 0 saturated carbocycles. The molecule has 110 valence electrons. The molecule has 21 heavy (non-hydrogen) atoms. The van der Waals surface area contributed by atoms with Crippen LogP contribution in [-0.2, 0) is 20.0 Å². The van der Waals surface area contributed by atoms with E-state index < -0.39 is 0 Å². The molecule has 3 aromatic rings. The number of nitrogens with zero attached hydrogens (tertiary/aromatic N) is 3. The summed E-state index contributed by atoms with van der Waals surface area (Å²) in [6, 6.07) is 8.48. The first kappa shape index (κ1) is 14.2. The zero-order valence-electron chi connectivity index (χ0n) is 12.3. The maximum absolute atomic E-state index is 6.37. The van der Waals surface area contributed by atoms with Gasteiger partial charge < -0.3 is 10.3 Å². The van der Waals surface area contributed by atoms with Crippen molar-refractivity contribution in [1.82, 2.24) is 14.3 Å². The van der Waals surface area contributed by atoms with Crippen LogP contribution in [0.15, 0.2) is 30.5 Å². The molecule has 0 fully saturated rings. The van der Waals surface area contributed by atoms with Crippen LogP contribution in [0.3, 0.4) is 0 Å². The number of benzene rings is 1. The molecule has 0 radical (unpaired) electrons. The van der Waals surface area contributed by atoms with Crippen molar-refractivity contribution in [3.05, 3.63) is 52.4 Å². The Bertz CT molecular complexity index is 785. The normalized spacial score (nSPS) is 11.4. The number of nitrogens with two attached hydrogens (primary N) is 1. The van der Waals surface area contributed by atoms with Crippen molar-refractivity contribution < 1.29 is 0 Å². The van der Waals surface area contributed by atoms with Gasteiger partial charge in [-0.05, 0) is 36.9 Å². The largest absolute Gasteiger partial charge is 0.341 e. The summed E-state index contributed by atoms with van der Waals surface area (Å²) in [6.45, 7) is 3.29. The summed E-state index contributed by atoms with van der Waals surface area (Å²) in [5.74, 6) is 0. The van der Waals surface area contributed by atoms with Crippen molar-refractivity contribution in [2.45, 2.75) is 19.9 Å². The Morgan fingerprint density at radius 1 is 1.29 bits per heavy atom. The Labute approximate surface area is 129 Å². The monoisotopic (exact) mass is 302 g/mol. The van der Waals surface area contributed by atoms with Gasteiger partial charge in [-0.2, -0.15) is 5.10 Å². The summed E-state index contributed by atoms with van der Waals surface area (Å²) in [7, 11) is 1.93. The van der Waals surface area contributed by atoms with E-state index in [1.807, 2.05) is 18.7 Å². The smallest absolute Gasteiger partial charge is 0.0865 e. The standard InChI is InChI=1S/C16H19ClN4/c1-11-15(17)14(20(2)19-11)10-21-9-7-13-5-3-4-12(6-8-18)16(13)21/h3-5,7,9H,6,8,10,18H2,1-2H3. The lowest BCUT2D eigenvalue weighted by Crippen LogP contribution is -2.08. The minimum atomic E-state index is 0.649. The third kappa shape index (κ3) is 2.45. The highest BCUT2D eigenvalue weighted by atomic mass is 35.5. The van der Waals surface area contributed by atoms with Crippen molar-refractivity contribution in [3.8, 4) is 0 Å². The van der Waals surface area contributed by atoms with Gasteiger partial charge in [0.1, 0.15) is 0 Å². The summed E-state index contributed by atoms with van der Waals surface area (Å²) in [5, 5.41) is 6.36. The lowest BCUT2D eigenvalue weighted by atomic mass is 10.1. The summed E-state index contributed by atoms with van der Waals surface area (Å²) in [4.78, 5) is 0. The molecule has 3 rings (SSSR count). The number of fused-ring (bicyclic) bond motifs is 1. The van der Waals surface area contributed by atoms with Crippen LogP contribution in [-0.4, -0.2) is 20.9 Å². The third-order valence-corrected chi connectivity index (χ3v) is 4.36. The lowest BCUT2D eigenvalue weighted by Gasteiger charge is -2.10. The number of aryl methyl sites for hydroxylation is 2. The molecule has 0 unspecified atom stereocenters. The Kier molecular flexibility index (Phi) is 3.74. The number of aromatic nitrogens is 3. The first-order valence-corrected chi connectivity index (χ1v) is 7.44. The van der Waals surface area contributed by atoms with Gasteiger partial charge in [-0.3, -0.25) is 4.68 Å². The highest BCUT2D eigenvalue weighted by molar-refractivity contribution is 6.31. The lowest BCUT2D eigenvalue weighted by molar-refractivity contribution is 0.672. The summed E-state index contributed by atoms with van der Waals surface area (Å²) in [6.07, 6.45) is 2.98. The first-order valence-electron chi connectivity index (χ1n) is 7.06. The molecule has 2 N–H and O–H groups in total. The molecule has 2 heterocycles. The van der Waals surface area contributed by atoms with Gasteiger partial charge >= 0.3 is 0 Å². The molecule has 5 heteroatoms. The minimum Gasteiger partial charge on any atom is -0.341 e. The molecule has 0 spiro atoms. The van der Waals surface area contributed by atoms with E-state index in [2.05, 4.69) is 40.1 Å². The highest BCUT2D eigenvalue weighted by Gasteiger charge is 2.13. The molecular weight excluding hydrogens is 284 g/mol. The van der Waals surface area contributed by atoms with Crippen LogP contribution in [0, 0.1) is 6.92 Å². The van der Waals surface area contributed by atoms with Gasteiger partial charge in [-0.25, -0.2) is 0 Å². The second-order valence-electron chi connectivity index (χ2n) is 5.31. The third-order valence-electron chi connectivity index (χ3n) is 3.87. The maximum Gasteiger partial charge on any atom is 0.0865 e. The fraction of sp³-hybridized carbons (Fsp3) is 0.312. The van der Waals surface area contributed by atoms with E-state index in [1.54, 1.807) is 0 Å². The minimum absolute atomic E-state index is 0.649. The van der Waals surface area contributed by atoms with Gasteiger partial charge in [-0.15, -0.1) is 0 Å². The van der Waals surface area contributed by atoms with Crippen LogP contribution in [0.1, 0.15) is 17.0 Å². The van der Waals surface area contributed by atoms with Gasteiger partial charge in [0.2, 0.25) is 0 Å². The van der Waals surface area contributed by atoms with Crippen molar-refractivity contribution in [3.63, 3.8) is 0 Å². The average molecular weight is 303 g/mol. The van der Waals surface area contributed by atoms with Crippen LogP contribution in [0.5, 0.6) is 0 Å². The number of hydrogen-bond donors (Lipinski definition) is 1. The molecule has 0 aliphatic heterocycles. The van der Waals surface area contributed by atoms with Crippen molar-refractivity contribution in [2.24, 2.45) is 12.8 Å². The van der Waals surface area contributed by atoms with E-state index in [1.165, 1.54) is 16.5 Å². The van der Waals surface area contributed by atoms with Crippen LogP contribution in [0.25, 0.3) is 10.9 Å². The van der Waals surface area contributed by atoms with E-state index in [4.69, 9.17) is 17.3 Å². The van der Waals surface area contributed by atoms with Gasteiger partial charge in [0.15, 0.2) is 0 Å². The SMILES string of the molecule is Cc1nn(C)c(Cn2ccc3cccc(CCN)c32)c1Cl. The van der Waals surface area contributed by atoms with Crippen LogP contribution in [0.2, 0.25) is 5.02 Å². The quantitative estimate of drug-likeness (QED) is 0.805. The number of halogens is 1. The molecule has 0 saturated heterocycles. The molecular formula is C16H19ClN4. The highest BCUT2D eigenvalue weighted by Crippen LogP contribution is 2.25. The molecule has 0 aliphatic rings. The predicted molar refractivity (Wildman–Crippen MR) is 86.8 cm³/mol. The fourth-order valence-electron chi connectivity index (χ4n) is 2.84. The van der Waals surface area contributed by atoms with Crippen LogP contribution < -0.4 is 5.73 Å². The van der Waals surface area contributed by atoms with Gasteiger partial charge in [0.25, 0.3) is 0 Å². The van der Waals surface area contributed by atoms with Gasteiger partial charge in [0, 0.05) is 13.2 Å². The van der Waals surface area contributed by atoms with Gasteiger partial charge in [-0.1, -0.05) is 29.8 Å². The van der Waals surface area contributed by atoms with Crippen LogP contribution >= 0.6 is 11.6 Å². The zero-order chi connectivity index (χ0) is 15.0. The Balaban J connectivity index is 2.08. The molecule has 4 nitrogen and oxygen atoms in total. The molecule has 0 bridgehead atoms. The van der Waals surface area contributed by atoms with Crippen molar-refractivity contribution in [1.29, 1.82) is 0 Å². The van der Waals surface area contributed by atoms with E-state index in [9.17, 15) is 0 Å². The van der Waals surface area contributed by atoms with Crippen molar-refractivity contribution in [2.75, 3.05) is 6.54 Å². The number of rotatable bonds is 4. The molecule has 0 aliphatic carbocycles. The van der Waals surface area contributed by atoms with E-state index in [0.29, 0.717) is 13.1 Å². The Hall–Kier alpha value is -1.78. The van der Waals surface area contributed by atoms with E-state index >= 15 is 0 Å². The number of para-hydroxylation sites is 1. The van der Waals surface area contributed by atoms with Gasteiger partial charge in [0.05, 0.1) is 28.5 Å². The predicted octanol–water partition coefficient (Wildman–Crippen LogP) is 2.89. The summed E-state index contributed by atoms with van der Waals surface area (Å²) < 4.78 is 4.08. The van der Waals surface area contributed by atoms with Crippen LogP contribution in [0.4, 0.5) is 0 Å². The molecule has 2 aromatic heterocycles. The molecule has 1 aromatic carbocycles. The number of hydrogen-bond acceptors (Lipinski definition) is 2. The van der Waals surface area contributed by atoms with Crippen molar-refractivity contribution >= 4 is 22.5 Å². The first-order chi connectivity index (χ1) is 10.1. The second kappa shape index (κ2) is 5.54. The Morgan fingerprint density at radius 2 is 2.10 bits per heavy atom. The topological polar surface area (TPSA) is 48.8 Å². The molecule has 0 atom stereocenters. The maximum atomic E-state index is 6.37. The molecule has 0 amide bonds. The summed E-state index contributed by atoms with van der Waals surface area (Å²) in [5.41, 5.74) is 10.1. The fourth-order valence-corrected chi connectivity index (χ4v) is 3.06. The Morgan fingerprint density at radius 3 is 2.76 bits per heavy atom. The van der Waals surface area contributed by atoms with E-state index in [-0.39, 0.29) is 0 Å². The van der Waals surface area contributed by atoms with E-state index in [0.717, 1.165) is 22.8 Å².